The minimum atomic E-state index is -4.58. The maximum Gasteiger partial charge on any atom is 0.365 e. The van der Waals surface area contributed by atoms with E-state index < -0.39 is 40.7 Å². The van der Waals surface area contributed by atoms with Crippen LogP contribution in [0.3, 0.4) is 0 Å². The van der Waals surface area contributed by atoms with Crippen LogP contribution in [0.5, 0.6) is 0 Å². The van der Waals surface area contributed by atoms with Crippen LogP contribution in [0.2, 0.25) is 10.0 Å². The van der Waals surface area contributed by atoms with E-state index >= 15 is 0 Å². The van der Waals surface area contributed by atoms with Crippen LogP contribution in [0.15, 0.2) is 47.4 Å². The van der Waals surface area contributed by atoms with Gasteiger partial charge < -0.3 is 9.05 Å². The largest absolute Gasteiger partial charge is 0.365 e. The fraction of sp³-hybridized carbons (Fsp3) is 0.368. The number of benzene rings is 2. The highest BCUT2D eigenvalue weighted by Gasteiger charge is 2.44. The van der Waals surface area contributed by atoms with Gasteiger partial charge in [-0.2, -0.15) is 8.42 Å². The molecule has 0 N–H and O–H groups in total. The second-order valence-electron chi connectivity index (χ2n) is 7.17. The van der Waals surface area contributed by atoms with E-state index in [-0.39, 0.29) is 26.2 Å². The lowest BCUT2D eigenvalue weighted by Gasteiger charge is -2.30. The van der Waals surface area contributed by atoms with E-state index in [2.05, 4.69) is 0 Å². The van der Waals surface area contributed by atoms with E-state index in [9.17, 15) is 23.1 Å². The lowest BCUT2D eigenvalue weighted by atomic mass is 10.2. The van der Waals surface area contributed by atoms with Gasteiger partial charge in [0, 0.05) is 27.7 Å². The van der Waals surface area contributed by atoms with Crippen molar-refractivity contribution in [2.45, 2.75) is 50.6 Å². The van der Waals surface area contributed by atoms with Gasteiger partial charge >= 0.3 is 7.60 Å². The Bertz CT molecular complexity index is 1110. The van der Waals surface area contributed by atoms with Gasteiger partial charge in [0.1, 0.15) is 0 Å². The Hall–Kier alpha value is -1.52. The minimum absolute atomic E-state index is 0.0127. The molecule has 0 bridgehead atoms. The van der Waals surface area contributed by atoms with Gasteiger partial charge in [0.15, 0.2) is 0 Å². The third-order valence-corrected chi connectivity index (χ3v) is 8.17. The Labute approximate surface area is 196 Å². The summed E-state index contributed by atoms with van der Waals surface area (Å²) in [5.74, 6) is -1.77. The lowest BCUT2D eigenvalue weighted by molar-refractivity contribution is -0.384. The van der Waals surface area contributed by atoms with Crippen LogP contribution >= 0.6 is 30.8 Å². The molecule has 0 spiro atoms. The van der Waals surface area contributed by atoms with Gasteiger partial charge in [-0.25, -0.2) is 4.18 Å². The second kappa shape index (κ2) is 10.6. The van der Waals surface area contributed by atoms with Crippen LogP contribution in [0.25, 0.3) is 0 Å². The van der Waals surface area contributed by atoms with Crippen LogP contribution in [0.4, 0.5) is 5.69 Å². The Kier molecular flexibility index (Phi) is 8.86. The number of halogens is 2. The van der Waals surface area contributed by atoms with Crippen molar-refractivity contribution in [3.63, 3.8) is 0 Å². The highest BCUT2D eigenvalue weighted by molar-refractivity contribution is 7.87. The molecule has 0 aliphatic carbocycles. The van der Waals surface area contributed by atoms with Gasteiger partial charge in [0.25, 0.3) is 15.8 Å². The molecule has 9 nitrogen and oxygen atoms in total. The number of nitrogens with zero attached hydrogens (tertiary/aromatic N) is 1. The summed E-state index contributed by atoms with van der Waals surface area (Å²) in [7, 11) is -8.86. The van der Waals surface area contributed by atoms with Gasteiger partial charge in [-0.3, -0.25) is 14.7 Å². The van der Waals surface area contributed by atoms with Gasteiger partial charge in [-0.05, 0) is 52.0 Å². The number of non-ortho nitro benzene ring substituents is 1. The van der Waals surface area contributed by atoms with E-state index in [1.165, 1.54) is 18.2 Å². The molecule has 0 fully saturated rings. The van der Waals surface area contributed by atoms with Crippen molar-refractivity contribution in [2.24, 2.45) is 0 Å². The van der Waals surface area contributed by atoms with Crippen LogP contribution in [-0.4, -0.2) is 25.5 Å². The van der Waals surface area contributed by atoms with Crippen LogP contribution in [-0.2, 0) is 27.9 Å². The molecule has 2 aromatic carbocycles. The summed E-state index contributed by atoms with van der Waals surface area (Å²) in [6, 6.07) is 8.15. The van der Waals surface area contributed by atoms with E-state index in [0.717, 1.165) is 24.3 Å². The predicted octanol–water partition coefficient (Wildman–Crippen LogP) is 6.35. The normalized spacial score (nSPS) is 13.5. The average molecular weight is 526 g/mol. The monoisotopic (exact) mass is 525 g/mol. The zero-order valence-corrected chi connectivity index (χ0v) is 20.8. The molecule has 0 saturated carbocycles. The molecule has 2 aromatic rings. The number of nitro benzene ring substituents is 1. The summed E-state index contributed by atoms with van der Waals surface area (Å²) in [4.78, 5) is 9.79. The molecular formula is C19H22Cl2NO8PS. The van der Waals surface area contributed by atoms with Crippen molar-refractivity contribution >= 4 is 46.6 Å². The molecule has 1 atom stereocenters. The number of rotatable bonds is 10. The minimum Gasteiger partial charge on any atom is -0.304 e. The van der Waals surface area contributed by atoms with Crippen molar-refractivity contribution in [3.05, 3.63) is 68.2 Å². The smallest absolute Gasteiger partial charge is 0.304 e. The van der Waals surface area contributed by atoms with E-state index in [1.54, 1.807) is 27.7 Å². The maximum atomic E-state index is 13.8. The molecule has 176 valence electrons. The van der Waals surface area contributed by atoms with E-state index in [4.69, 9.17) is 36.4 Å². The van der Waals surface area contributed by atoms with Crippen molar-refractivity contribution in [1.82, 2.24) is 0 Å². The van der Waals surface area contributed by atoms with Gasteiger partial charge in [-0.15, -0.1) is 0 Å². The molecule has 0 radical (unpaired) electrons. The Morgan fingerprint density at radius 2 is 1.50 bits per heavy atom. The standard InChI is InChI=1S/C19H22Cl2NO8PS/c1-12(2)28-31(25,29-13(3)4)19(17-10-5-14(20)11-18(17)21)30-32(26,27)16-8-6-15(7-9-16)22(23)24/h5-13,19H,1-4H3. The molecule has 0 aliphatic rings. The summed E-state index contributed by atoms with van der Waals surface area (Å²) in [5, 5.41) is 11.1. The highest BCUT2D eigenvalue weighted by Crippen LogP contribution is 2.64. The third-order valence-electron chi connectivity index (χ3n) is 3.79. The fourth-order valence-electron chi connectivity index (χ4n) is 2.61. The molecule has 2 rings (SSSR count). The summed E-state index contributed by atoms with van der Waals surface area (Å²) in [5.41, 5.74) is -0.288. The van der Waals surface area contributed by atoms with Crippen molar-refractivity contribution < 1.29 is 31.1 Å². The third kappa shape index (κ3) is 6.74. The molecular weight excluding hydrogens is 504 g/mol. The Balaban J connectivity index is 2.61. The van der Waals surface area contributed by atoms with Crippen LogP contribution in [0.1, 0.15) is 39.1 Å². The number of nitro groups is 1. The molecule has 32 heavy (non-hydrogen) atoms. The average Bonchev–Trinajstić information content (AvgIpc) is 2.65. The number of hydrogen-bond donors (Lipinski definition) is 0. The van der Waals surface area contributed by atoms with Crippen molar-refractivity contribution in [1.29, 1.82) is 0 Å². The summed E-state index contributed by atoms with van der Waals surface area (Å²) >= 11 is 12.2. The first kappa shape index (κ1) is 26.7. The fourth-order valence-corrected chi connectivity index (χ4v) is 6.89. The molecule has 0 saturated heterocycles. The van der Waals surface area contributed by atoms with E-state index in [0.29, 0.717) is 0 Å². The lowest BCUT2D eigenvalue weighted by Crippen LogP contribution is -2.19. The van der Waals surface area contributed by atoms with Crippen molar-refractivity contribution in [3.8, 4) is 0 Å². The number of hydrogen-bond acceptors (Lipinski definition) is 8. The van der Waals surface area contributed by atoms with E-state index in [1.807, 2.05) is 0 Å². The quantitative estimate of drug-likeness (QED) is 0.152. The summed E-state index contributed by atoms with van der Waals surface area (Å²) in [6.07, 6.45) is -1.22. The first-order valence-corrected chi connectivity index (χ1v) is 13.1. The predicted molar refractivity (Wildman–Crippen MR) is 121 cm³/mol. The molecule has 0 amide bonds. The zero-order chi connectivity index (χ0) is 24.3. The van der Waals surface area contributed by atoms with Crippen LogP contribution in [0, 0.1) is 10.1 Å². The molecule has 0 heterocycles. The SMILES string of the molecule is CC(C)OP(=O)(OC(C)C)C(OS(=O)(=O)c1ccc([N+](=O)[O-])cc1)c1ccc(Cl)cc1Cl. The summed E-state index contributed by atoms with van der Waals surface area (Å²) in [6.45, 7) is 6.40. The molecule has 13 heteroatoms. The van der Waals surface area contributed by atoms with Gasteiger partial charge in [0.05, 0.1) is 22.0 Å². The maximum absolute atomic E-state index is 13.8. The molecule has 0 aliphatic heterocycles. The van der Waals surface area contributed by atoms with Crippen LogP contribution < -0.4 is 0 Å². The second-order valence-corrected chi connectivity index (χ2v) is 11.6. The van der Waals surface area contributed by atoms with Gasteiger partial charge in [-0.1, -0.05) is 29.3 Å². The first-order valence-electron chi connectivity index (χ1n) is 9.34. The first-order chi connectivity index (χ1) is 14.7. The zero-order valence-electron chi connectivity index (χ0n) is 17.6. The Morgan fingerprint density at radius 3 is 1.94 bits per heavy atom. The van der Waals surface area contributed by atoms with Crippen molar-refractivity contribution in [2.75, 3.05) is 0 Å². The molecule has 0 aromatic heterocycles. The topological polar surface area (TPSA) is 122 Å². The molecule has 1 unspecified atom stereocenters. The summed E-state index contributed by atoms with van der Waals surface area (Å²) < 4.78 is 56.3. The van der Waals surface area contributed by atoms with Gasteiger partial charge in [0.2, 0.25) is 5.85 Å². The highest BCUT2D eigenvalue weighted by atomic mass is 35.5. The Morgan fingerprint density at radius 1 is 0.969 bits per heavy atom.